The summed E-state index contributed by atoms with van der Waals surface area (Å²) in [7, 11) is -3.28. The van der Waals surface area contributed by atoms with Gasteiger partial charge in [0.15, 0.2) is 0 Å². The van der Waals surface area contributed by atoms with E-state index in [0.29, 0.717) is 16.0 Å². The molecule has 4 nitrogen and oxygen atoms in total. The molecule has 2 heterocycles. The quantitative estimate of drug-likeness (QED) is 0.873. The van der Waals surface area contributed by atoms with Crippen molar-refractivity contribution in [2.75, 3.05) is 13.1 Å². The Balaban J connectivity index is 0.00000108. The van der Waals surface area contributed by atoms with Crippen LogP contribution in [0.3, 0.4) is 0 Å². The molecule has 2 unspecified atom stereocenters. The van der Waals surface area contributed by atoms with Crippen molar-refractivity contribution in [3.63, 3.8) is 0 Å². The van der Waals surface area contributed by atoms with Gasteiger partial charge >= 0.3 is 0 Å². The van der Waals surface area contributed by atoms with Crippen LogP contribution in [0.15, 0.2) is 16.3 Å². The smallest absolute Gasteiger partial charge is 0.250 e. The van der Waals surface area contributed by atoms with Crippen molar-refractivity contribution in [3.05, 3.63) is 17.0 Å². The van der Waals surface area contributed by atoms with Gasteiger partial charge in [0.25, 0.3) is 0 Å². The van der Waals surface area contributed by atoms with E-state index in [9.17, 15) is 8.42 Å². The van der Waals surface area contributed by atoms with Crippen LogP contribution in [0.1, 0.15) is 4.88 Å². The van der Waals surface area contributed by atoms with Crippen molar-refractivity contribution in [3.8, 4) is 0 Å². The Morgan fingerprint density at radius 3 is 2.53 bits per heavy atom. The molecule has 7 heteroatoms. The summed E-state index contributed by atoms with van der Waals surface area (Å²) < 4.78 is 27.2. The fourth-order valence-corrected chi connectivity index (χ4v) is 5.03. The topological polar surface area (TPSA) is 58.2 Å². The second kappa shape index (κ2) is 4.51. The first kappa shape index (κ1) is 13.3. The Labute approximate surface area is 111 Å². The molecule has 2 aliphatic rings. The lowest BCUT2D eigenvalue weighted by Crippen LogP contribution is -2.32. The Bertz CT molecular complexity index is 504. The first-order valence-corrected chi connectivity index (χ1v) is 7.67. The molecule has 1 aliphatic carbocycles. The van der Waals surface area contributed by atoms with E-state index < -0.39 is 10.0 Å². The number of nitrogens with one attached hydrogen (secondary N) is 2. The van der Waals surface area contributed by atoms with Crippen LogP contribution in [-0.2, 0) is 10.0 Å². The summed E-state index contributed by atoms with van der Waals surface area (Å²) >= 11 is 1.33. The van der Waals surface area contributed by atoms with Gasteiger partial charge in [0.2, 0.25) is 10.0 Å². The summed E-state index contributed by atoms with van der Waals surface area (Å²) in [5, 5.41) is 3.25. The normalized spacial score (nSPS) is 30.8. The standard InChI is InChI=1S/C10H14N2O2S2.ClH/c1-6-2-3-9(15-6)16(13,14)12-10-7-4-11-5-8(7)10;/h2-3,7-8,10-12H,4-5H2,1H3;1H. The predicted molar refractivity (Wildman–Crippen MR) is 70.3 cm³/mol. The average molecular weight is 295 g/mol. The summed E-state index contributed by atoms with van der Waals surface area (Å²) in [4.78, 5) is 1.03. The monoisotopic (exact) mass is 294 g/mol. The van der Waals surface area contributed by atoms with E-state index in [1.807, 2.05) is 13.0 Å². The number of hydrogen-bond donors (Lipinski definition) is 2. The SMILES string of the molecule is Cc1ccc(S(=O)(=O)NC2C3CNCC32)s1.Cl. The minimum Gasteiger partial charge on any atom is -0.316 e. The molecule has 1 saturated heterocycles. The molecule has 0 amide bonds. The number of rotatable bonds is 3. The van der Waals surface area contributed by atoms with Crippen molar-refractivity contribution in [1.82, 2.24) is 10.0 Å². The van der Waals surface area contributed by atoms with Gasteiger partial charge in [-0.05, 0) is 44.0 Å². The van der Waals surface area contributed by atoms with Gasteiger partial charge in [-0.3, -0.25) is 0 Å². The maximum atomic E-state index is 12.0. The van der Waals surface area contributed by atoms with Crippen LogP contribution < -0.4 is 10.0 Å². The Morgan fingerprint density at radius 1 is 1.35 bits per heavy atom. The van der Waals surface area contributed by atoms with Crippen LogP contribution in [0.5, 0.6) is 0 Å². The maximum Gasteiger partial charge on any atom is 0.250 e. The summed E-state index contributed by atoms with van der Waals surface area (Å²) in [5.41, 5.74) is 0. The van der Waals surface area contributed by atoms with Crippen LogP contribution in [-0.4, -0.2) is 27.5 Å². The lowest BCUT2D eigenvalue weighted by Gasteiger charge is -2.06. The van der Waals surface area contributed by atoms with Crippen molar-refractivity contribution in [1.29, 1.82) is 0 Å². The largest absolute Gasteiger partial charge is 0.316 e. The third-order valence-electron chi connectivity index (χ3n) is 3.36. The Kier molecular flexibility index (Phi) is 3.53. The molecule has 0 bridgehead atoms. The van der Waals surface area contributed by atoms with Gasteiger partial charge in [-0.1, -0.05) is 0 Å². The van der Waals surface area contributed by atoms with E-state index in [4.69, 9.17) is 0 Å². The second-order valence-electron chi connectivity index (χ2n) is 4.50. The van der Waals surface area contributed by atoms with Gasteiger partial charge in [-0.15, -0.1) is 23.7 Å². The molecule has 1 aromatic rings. The van der Waals surface area contributed by atoms with Gasteiger partial charge < -0.3 is 5.32 Å². The number of halogens is 1. The lowest BCUT2D eigenvalue weighted by molar-refractivity contribution is 0.567. The second-order valence-corrected chi connectivity index (χ2v) is 7.73. The summed E-state index contributed by atoms with van der Waals surface area (Å²) in [5.74, 6) is 1.02. The van der Waals surface area contributed by atoms with Gasteiger partial charge in [-0.2, -0.15) is 0 Å². The number of hydrogen-bond acceptors (Lipinski definition) is 4. The molecule has 96 valence electrons. The highest BCUT2D eigenvalue weighted by Gasteiger charge is 2.54. The minimum atomic E-state index is -3.28. The van der Waals surface area contributed by atoms with E-state index in [1.54, 1.807) is 6.07 Å². The van der Waals surface area contributed by atoms with Crippen LogP contribution in [0, 0.1) is 18.8 Å². The molecule has 2 fully saturated rings. The molecule has 2 atom stereocenters. The third-order valence-corrected chi connectivity index (χ3v) is 6.32. The maximum absolute atomic E-state index is 12.0. The van der Waals surface area contributed by atoms with Gasteiger partial charge in [0, 0.05) is 10.9 Å². The molecule has 1 aliphatic heterocycles. The fraction of sp³-hybridized carbons (Fsp3) is 0.600. The summed E-state index contributed by atoms with van der Waals surface area (Å²) in [6.07, 6.45) is 0. The Morgan fingerprint density at radius 2 is 2.00 bits per heavy atom. The van der Waals surface area contributed by atoms with Crippen LogP contribution in [0.25, 0.3) is 0 Å². The zero-order valence-electron chi connectivity index (χ0n) is 9.34. The molecular formula is C10H15ClN2O2S2. The van der Waals surface area contributed by atoms with Gasteiger partial charge in [0.1, 0.15) is 4.21 Å². The zero-order chi connectivity index (χ0) is 11.3. The highest BCUT2D eigenvalue weighted by molar-refractivity contribution is 7.91. The molecule has 0 aromatic carbocycles. The summed E-state index contributed by atoms with van der Waals surface area (Å²) in [6, 6.07) is 3.68. The van der Waals surface area contributed by atoms with Crippen molar-refractivity contribution >= 4 is 33.8 Å². The number of aryl methyl sites for hydroxylation is 1. The predicted octanol–water partition coefficient (Wildman–Crippen LogP) is 0.974. The highest BCUT2D eigenvalue weighted by Crippen LogP contribution is 2.42. The first-order chi connectivity index (χ1) is 7.58. The van der Waals surface area contributed by atoms with E-state index in [0.717, 1.165) is 18.0 Å². The number of thiophene rings is 1. The molecule has 1 aromatic heterocycles. The summed E-state index contributed by atoms with van der Waals surface area (Å²) in [6.45, 7) is 3.81. The first-order valence-electron chi connectivity index (χ1n) is 5.37. The fourth-order valence-electron chi connectivity index (χ4n) is 2.39. The van der Waals surface area contributed by atoms with E-state index >= 15 is 0 Å². The number of fused-ring (bicyclic) bond motifs is 1. The van der Waals surface area contributed by atoms with Crippen LogP contribution in [0.2, 0.25) is 0 Å². The highest BCUT2D eigenvalue weighted by atomic mass is 35.5. The molecule has 17 heavy (non-hydrogen) atoms. The minimum absolute atomic E-state index is 0. The van der Waals surface area contributed by atoms with Gasteiger partial charge in [-0.25, -0.2) is 13.1 Å². The van der Waals surface area contributed by atoms with Gasteiger partial charge in [0.05, 0.1) is 0 Å². The van der Waals surface area contributed by atoms with Crippen LogP contribution in [0.4, 0.5) is 0 Å². The van der Waals surface area contributed by atoms with E-state index in [2.05, 4.69) is 10.0 Å². The average Bonchev–Trinajstić information content (AvgIpc) is 2.68. The zero-order valence-corrected chi connectivity index (χ0v) is 11.8. The molecule has 0 radical (unpaired) electrons. The van der Waals surface area contributed by atoms with Crippen LogP contribution >= 0.6 is 23.7 Å². The molecule has 3 rings (SSSR count). The molecule has 1 saturated carbocycles. The Hall–Kier alpha value is -0.140. The van der Waals surface area contributed by atoms with Crippen molar-refractivity contribution in [2.45, 2.75) is 17.2 Å². The van der Waals surface area contributed by atoms with E-state index in [1.165, 1.54) is 11.3 Å². The molecule has 2 N–H and O–H groups in total. The molecular weight excluding hydrogens is 280 g/mol. The lowest BCUT2D eigenvalue weighted by atomic mass is 10.4. The molecule has 0 spiro atoms. The number of piperidine rings is 1. The van der Waals surface area contributed by atoms with Crippen molar-refractivity contribution < 1.29 is 8.42 Å². The number of sulfonamides is 1. The van der Waals surface area contributed by atoms with Crippen molar-refractivity contribution in [2.24, 2.45) is 11.8 Å². The van der Waals surface area contributed by atoms with E-state index in [-0.39, 0.29) is 18.4 Å². The third kappa shape index (κ3) is 2.37.